The van der Waals surface area contributed by atoms with E-state index in [4.69, 9.17) is 5.73 Å². The number of benzene rings is 2. The molecule has 0 unspecified atom stereocenters. The van der Waals surface area contributed by atoms with Crippen molar-refractivity contribution in [2.75, 3.05) is 0 Å². The van der Waals surface area contributed by atoms with Crippen LogP contribution in [0.5, 0.6) is 0 Å². The largest absolute Gasteiger partial charge is 0.383 e. The van der Waals surface area contributed by atoms with Gasteiger partial charge in [-0.25, -0.2) is 9.38 Å². The zero-order valence-electron chi connectivity index (χ0n) is 10.5. The maximum absolute atomic E-state index is 13.3. The molecule has 87 valence electrons. The summed E-state index contributed by atoms with van der Waals surface area (Å²) >= 11 is 0. The van der Waals surface area contributed by atoms with E-state index in [0.29, 0.717) is 17.1 Å². The first kappa shape index (κ1) is 14.9. The normalized spacial score (nSPS) is 10.9. The van der Waals surface area contributed by atoms with E-state index in [9.17, 15) is 4.39 Å². The van der Waals surface area contributed by atoms with Crippen molar-refractivity contribution in [2.24, 2.45) is 10.7 Å². The van der Waals surface area contributed by atoms with Gasteiger partial charge in [-0.2, -0.15) is 0 Å². The molecular formula is C14H13FN2Na. The third kappa shape index (κ3) is 3.42. The second-order valence-corrected chi connectivity index (χ2v) is 3.75. The number of nitrogens with zero attached hydrogens (tertiary/aromatic N) is 1. The summed E-state index contributed by atoms with van der Waals surface area (Å²) in [6.45, 7) is 1.69. The van der Waals surface area contributed by atoms with Gasteiger partial charge in [0.1, 0.15) is 11.7 Å². The molecule has 0 aliphatic carbocycles. The summed E-state index contributed by atoms with van der Waals surface area (Å²) in [5.74, 6) is 0.117. The molecule has 0 saturated carbocycles. The number of nitrogens with two attached hydrogens (primary N) is 1. The first-order valence-corrected chi connectivity index (χ1v) is 5.33. The van der Waals surface area contributed by atoms with Gasteiger partial charge in [-0.15, -0.1) is 0 Å². The van der Waals surface area contributed by atoms with Gasteiger partial charge in [0.25, 0.3) is 0 Å². The molecule has 2 aromatic carbocycles. The van der Waals surface area contributed by atoms with Gasteiger partial charge in [-0.3, -0.25) is 0 Å². The van der Waals surface area contributed by atoms with Crippen LogP contribution in [0.3, 0.4) is 0 Å². The van der Waals surface area contributed by atoms with Crippen LogP contribution >= 0.6 is 0 Å². The van der Waals surface area contributed by atoms with Crippen molar-refractivity contribution in [1.82, 2.24) is 0 Å². The van der Waals surface area contributed by atoms with Gasteiger partial charge in [0, 0.05) is 40.7 Å². The molecule has 0 bridgehead atoms. The molecule has 18 heavy (non-hydrogen) atoms. The Balaban J connectivity index is 0.00000162. The molecule has 2 N–H and O–H groups in total. The molecule has 0 atom stereocenters. The molecule has 4 heteroatoms. The first-order valence-electron chi connectivity index (χ1n) is 5.33. The minimum Gasteiger partial charge on any atom is -0.383 e. The van der Waals surface area contributed by atoms with Crippen molar-refractivity contribution in [3.63, 3.8) is 0 Å². The SMILES string of the molecule is Cc1c(F)cccc1N=C(N)c1ccccc1.[Na]. The van der Waals surface area contributed by atoms with E-state index < -0.39 is 0 Å². The molecule has 0 heterocycles. The number of aliphatic imine (C=N–C) groups is 1. The van der Waals surface area contributed by atoms with Gasteiger partial charge in [0.05, 0.1) is 5.69 Å². The molecule has 0 aromatic heterocycles. The van der Waals surface area contributed by atoms with Crippen molar-refractivity contribution in [3.8, 4) is 0 Å². The van der Waals surface area contributed by atoms with Gasteiger partial charge in [-0.1, -0.05) is 36.4 Å². The van der Waals surface area contributed by atoms with E-state index in [0.717, 1.165) is 5.56 Å². The van der Waals surface area contributed by atoms with Crippen molar-refractivity contribution in [3.05, 3.63) is 65.5 Å². The summed E-state index contributed by atoms with van der Waals surface area (Å²) in [7, 11) is 0. The van der Waals surface area contributed by atoms with Crippen LogP contribution in [0.1, 0.15) is 11.1 Å². The molecule has 0 fully saturated rings. The standard InChI is InChI=1S/C14H13FN2.Na/c1-10-12(15)8-5-9-13(10)17-14(16)11-6-3-2-4-7-11;/h2-9H,1H3,(H2,16,17);. The maximum atomic E-state index is 13.3. The summed E-state index contributed by atoms with van der Waals surface area (Å²) in [5, 5.41) is 0. The van der Waals surface area contributed by atoms with Crippen molar-refractivity contribution >= 4 is 41.1 Å². The zero-order chi connectivity index (χ0) is 12.3. The average Bonchev–Trinajstić information content (AvgIpc) is 2.36. The third-order valence-electron chi connectivity index (χ3n) is 2.55. The number of rotatable bonds is 2. The van der Waals surface area contributed by atoms with Crippen LogP contribution in [0, 0.1) is 12.7 Å². The predicted octanol–water partition coefficient (Wildman–Crippen LogP) is 2.79. The Kier molecular flexibility index (Phi) is 5.54. The molecule has 2 nitrogen and oxygen atoms in total. The molecule has 0 amide bonds. The quantitative estimate of drug-likeness (QED) is 0.497. The van der Waals surface area contributed by atoms with Crippen molar-refractivity contribution in [2.45, 2.75) is 6.92 Å². The van der Waals surface area contributed by atoms with Crippen LogP contribution < -0.4 is 5.73 Å². The van der Waals surface area contributed by atoms with Gasteiger partial charge in [0.15, 0.2) is 0 Å². The number of amidine groups is 1. The number of hydrogen-bond acceptors (Lipinski definition) is 1. The Morgan fingerprint density at radius 3 is 2.39 bits per heavy atom. The summed E-state index contributed by atoms with van der Waals surface area (Å²) in [6.07, 6.45) is 0. The van der Waals surface area contributed by atoms with Gasteiger partial charge >= 0.3 is 0 Å². The Labute approximate surface area is 128 Å². The van der Waals surface area contributed by atoms with Crippen molar-refractivity contribution < 1.29 is 4.39 Å². The van der Waals surface area contributed by atoms with E-state index in [-0.39, 0.29) is 35.4 Å². The Bertz CT molecular complexity index is 553. The third-order valence-corrected chi connectivity index (χ3v) is 2.55. The average molecular weight is 251 g/mol. The summed E-state index contributed by atoms with van der Waals surface area (Å²) < 4.78 is 13.3. The second kappa shape index (κ2) is 6.69. The Morgan fingerprint density at radius 2 is 1.72 bits per heavy atom. The van der Waals surface area contributed by atoms with E-state index >= 15 is 0 Å². The van der Waals surface area contributed by atoms with Gasteiger partial charge in [0.2, 0.25) is 0 Å². The summed E-state index contributed by atoms with van der Waals surface area (Å²) in [4.78, 5) is 4.24. The van der Waals surface area contributed by atoms with Crippen LogP contribution in [-0.2, 0) is 0 Å². The monoisotopic (exact) mass is 251 g/mol. The van der Waals surface area contributed by atoms with Crippen LogP contribution in [0.4, 0.5) is 10.1 Å². The number of hydrogen-bond donors (Lipinski definition) is 1. The van der Waals surface area contributed by atoms with E-state index in [1.807, 2.05) is 30.3 Å². The fourth-order valence-corrected chi connectivity index (χ4v) is 1.52. The van der Waals surface area contributed by atoms with Crippen molar-refractivity contribution in [1.29, 1.82) is 0 Å². The predicted molar refractivity (Wildman–Crippen MR) is 73.7 cm³/mol. The van der Waals surface area contributed by atoms with Crippen LogP contribution in [0.25, 0.3) is 0 Å². The van der Waals surface area contributed by atoms with Crippen LogP contribution in [0.15, 0.2) is 53.5 Å². The summed E-state index contributed by atoms with van der Waals surface area (Å²) in [6, 6.07) is 14.2. The molecule has 2 rings (SSSR count). The molecule has 2 aromatic rings. The number of halogens is 1. The molecule has 0 aliphatic heterocycles. The Hall–Kier alpha value is -1.16. The van der Waals surface area contributed by atoms with E-state index in [2.05, 4.69) is 4.99 Å². The topological polar surface area (TPSA) is 38.4 Å². The molecule has 0 aliphatic rings. The fourth-order valence-electron chi connectivity index (χ4n) is 1.52. The molecule has 0 spiro atoms. The zero-order valence-corrected chi connectivity index (χ0v) is 12.5. The second-order valence-electron chi connectivity index (χ2n) is 3.75. The molecular weight excluding hydrogens is 238 g/mol. The molecule has 1 radical (unpaired) electrons. The molecule has 0 saturated heterocycles. The van der Waals surface area contributed by atoms with Crippen LogP contribution in [-0.4, -0.2) is 35.4 Å². The van der Waals surface area contributed by atoms with Gasteiger partial charge < -0.3 is 5.73 Å². The first-order chi connectivity index (χ1) is 8.18. The maximum Gasteiger partial charge on any atom is 0.131 e. The van der Waals surface area contributed by atoms with E-state index in [1.54, 1.807) is 19.1 Å². The smallest absolute Gasteiger partial charge is 0.131 e. The van der Waals surface area contributed by atoms with Gasteiger partial charge in [-0.05, 0) is 19.1 Å². The summed E-state index contributed by atoms with van der Waals surface area (Å²) in [5.41, 5.74) is 7.77. The fraction of sp³-hybridized carbons (Fsp3) is 0.0714. The Morgan fingerprint density at radius 1 is 1.06 bits per heavy atom. The minimum atomic E-state index is -0.271. The minimum absolute atomic E-state index is 0. The van der Waals surface area contributed by atoms with Crippen LogP contribution in [0.2, 0.25) is 0 Å². The van der Waals surface area contributed by atoms with E-state index in [1.165, 1.54) is 6.07 Å².